The summed E-state index contributed by atoms with van der Waals surface area (Å²) in [5.41, 5.74) is 5.35. The summed E-state index contributed by atoms with van der Waals surface area (Å²) in [7, 11) is 0. The first-order chi connectivity index (χ1) is 18.5. The van der Waals surface area contributed by atoms with Gasteiger partial charge in [0.05, 0.1) is 11.0 Å². The van der Waals surface area contributed by atoms with Crippen LogP contribution in [0.5, 0.6) is 5.75 Å². The summed E-state index contributed by atoms with van der Waals surface area (Å²) in [6.07, 6.45) is 3.76. The van der Waals surface area contributed by atoms with E-state index in [0.29, 0.717) is 12.3 Å². The van der Waals surface area contributed by atoms with Crippen molar-refractivity contribution >= 4 is 28.9 Å². The quantitative estimate of drug-likeness (QED) is 0.200. The van der Waals surface area contributed by atoms with Crippen molar-refractivity contribution in [2.45, 2.75) is 45.6 Å². The number of rotatable bonds is 8. The van der Waals surface area contributed by atoms with E-state index in [4.69, 9.17) is 14.8 Å². The largest absolute Gasteiger partial charge is 0.511 e. The minimum atomic E-state index is -1.34. The summed E-state index contributed by atoms with van der Waals surface area (Å²) in [5.74, 6) is 1.33. The molecule has 0 saturated carbocycles. The lowest BCUT2D eigenvalue weighted by molar-refractivity contribution is 0.144. The minimum Gasteiger partial charge on any atom is -0.449 e. The Morgan fingerprint density at radius 2 is 1.79 bits per heavy atom. The fourth-order valence-electron chi connectivity index (χ4n) is 4.94. The molecular weight excluding hydrogens is 480 g/mol. The molecule has 0 unspecified atom stereocenters. The van der Waals surface area contributed by atoms with Crippen LogP contribution in [0, 0.1) is 0 Å². The van der Waals surface area contributed by atoms with Crippen LogP contribution in [-0.2, 0) is 13.0 Å². The Balaban J connectivity index is 1.42. The molecule has 1 aliphatic rings. The summed E-state index contributed by atoms with van der Waals surface area (Å²) < 4.78 is 7.19. The number of carbonyl (C=O) groups is 2. The van der Waals surface area contributed by atoms with Crippen molar-refractivity contribution in [3.8, 4) is 16.9 Å². The Kier molecular flexibility index (Phi) is 7.58. The van der Waals surface area contributed by atoms with Gasteiger partial charge in [-0.25, -0.2) is 14.6 Å². The third kappa shape index (κ3) is 5.64. The molecule has 2 amide bonds. The maximum atomic E-state index is 12.7. The zero-order chi connectivity index (χ0) is 26.5. The molecule has 8 nitrogen and oxygen atoms in total. The van der Waals surface area contributed by atoms with Crippen molar-refractivity contribution in [1.29, 1.82) is 0 Å². The highest BCUT2D eigenvalue weighted by Crippen LogP contribution is 2.31. The number of carbonyl (C=O) groups excluding carboxylic acids is 1. The van der Waals surface area contributed by atoms with Crippen molar-refractivity contribution in [2.24, 2.45) is 0 Å². The number of anilines is 1. The smallest absolute Gasteiger partial charge is 0.449 e. The number of imidazole rings is 1. The highest BCUT2D eigenvalue weighted by Gasteiger charge is 2.19. The predicted molar refractivity (Wildman–Crippen MR) is 148 cm³/mol. The van der Waals surface area contributed by atoms with Crippen LogP contribution in [0.4, 0.5) is 15.3 Å². The summed E-state index contributed by atoms with van der Waals surface area (Å²) in [5, 5.41) is 12.1. The molecule has 0 bridgehead atoms. The highest BCUT2D eigenvalue weighted by molar-refractivity contribution is 5.92. The number of urea groups is 1. The number of unbranched alkanes of at least 4 members (excludes halogenated alkanes) is 1. The average molecular weight is 513 g/mol. The topological polar surface area (TPSA) is 96.7 Å². The lowest BCUT2D eigenvalue weighted by Gasteiger charge is -2.16. The second kappa shape index (κ2) is 11.4. The number of benzene rings is 3. The molecule has 3 aromatic carbocycles. The van der Waals surface area contributed by atoms with E-state index in [1.165, 1.54) is 0 Å². The van der Waals surface area contributed by atoms with E-state index in [9.17, 15) is 9.59 Å². The Labute approximate surface area is 221 Å². The molecule has 1 fully saturated rings. The molecule has 38 heavy (non-hydrogen) atoms. The summed E-state index contributed by atoms with van der Waals surface area (Å²) >= 11 is 0. The highest BCUT2D eigenvalue weighted by atomic mass is 16.7. The first-order valence-corrected chi connectivity index (χ1v) is 13.2. The van der Waals surface area contributed by atoms with Crippen LogP contribution >= 0.6 is 0 Å². The molecule has 1 saturated heterocycles. The van der Waals surface area contributed by atoms with Crippen molar-refractivity contribution < 1.29 is 19.4 Å². The van der Waals surface area contributed by atoms with Gasteiger partial charge in [-0.05, 0) is 54.7 Å². The minimum absolute atomic E-state index is 0.0538. The monoisotopic (exact) mass is 512 g/mol. The van der Waals surface area contributed by atoms with Crippen LogP contribution in [0.3, 0.4) is 0 Å². The maximum Gasteiger partial charge on any atom is 0.511 e. The van der Waals surface area contributed by atoms with E-state index in [1.807, 2.05) is 59.5 Å². The Hall–Kier alpha value is -4.33. The summed E-state index contributed by atoms with van der Waals surface area (Å²) in [6, 6.07) is 21.0. The molecule has 1 aliphatic heterocycles. The first-order valence-electron chi connectivity index (χ1n) is 13.2. The number of nitrogens with zero attached hydrogens (tertiary/aromatic N) is 3. The maximum absolute atomic E-state index is 12.7. The van der Waals surface area contributed by atoms with Gasteiger partial charge < -0.3 is 24.6 Å². The number of carboxylic acid groups (broad SMARTS) is 1. The molecule has 0 radical (unpaired) electrons. The molecule has 1 aromatic heterocycles. The first kappa shape index (κ1) is 25.3. The fraction of sp³-hybridized carbons (Fsp3) is 0.300. The van der Waals surface area contributed by atoms with Gasteiger partial charge in [-0.3, -0.25) is 0 Å². The van der Waals surface area contributed by atoms with Gasteiger partial charge in [0, 0.05) is 37.3 Å². The number of ether oxygens (including phenoxy) is 1. The van der Waals surface area contributed by atoms with Gasteiger partial charge in [0.2, 0.25) is 0 Å². The van der Waals surface area contributed by atoms with Gasteiger partial charge in [0.25, 0.3) is 0 Å². The standard InChI is InChI=1S/C30H32N4O4/c1-2-3-10-28-32-25-16-15-23(31-29(35)33-17-6-7-18-33)19-26(25)34(28)20-21-11-13-22(14-12-21)24-8-4-5-9-27(24)38-30(36)37/h4-5,8-9,11-16,19H,2-3,6-7,10,17-18,20H2,1H3,(H,31,35)(H,36,37). The number of nitrogens with one attached hydrogen (secondary N) is 1. The number of hydrogen-bond acceptors (Lipinski definition) is 4. The lowest BCUT2D eigenvalue weighted by atomic mass is 10.0. The van der Waals surface area contributed by atoms with E-state index in [2.05, 4.69) is 16.8 Å². The molecule has 4 aromatic rings. The fourth-order valence-corrected chi connectivity index (χ4v) is 4.94. The van der Waals surface area contributed by atoms with Gasteiger partial charge in [-0.2, -0.15) is 0 Å². The lowest BCUT2D eigenvalue weighted by Crippen LogP contribution is -2.32. The molecule has 0 aliphatic carbocycles. The van der Waals surface area contributed by atoms with E-state index >= 15 is 0 Å². The molecular formula is C30H32N4O4. The van der Waals surface area contributed by atoms with Crippen LogP contribution in [0.2, 0.25) is 0 Å². The van der Waals surface area contributed by atoms with Gasteiger partial charge in [-0.1, -0.05) is 55.8 Å². The zero-order valence-electron chi connectivity index (χ0n) is 21.5. The molecule has 196 valence electrons. The molecule has 8 heteroatoms. The average Bonchev–Trinajstić information content (AvgIpc) is 3.57. The van der Waals surface area contributed by atoms with Gasteiger partial charge >= 0.3 is 12.2 Å². The van der Waals surface area contributed by atoms with Crippen LogP contribution in [0.25, 0.3) is 22.2 Å². The number of aromatic nitrogens is 2. The second-order valence-corrected chi connectivity index (χ2v) is 9.61. The number of likely N-dealkylation sites (tertiary alicyclic amines) is 1. The van der Waals surface area contributed by atoms with E-state index in [-0.39, 0.29) is 6.03 Å². The van der Waals surface area contributed by atoms with Crippen molar-refractivity contribution in [3.63, 3.8) is 0 Å². The Morgan fingerprint density at radius 3 is 2.53 bits per heavy atom. The third-order valence-electron chi connectivity index (χ3n) is 6.92. The second-order valence-electron chi connectivity index (χ2n) is 9.61. The van der Waals surface area contributed by atoms with Crippen LogP contribution in [0.1, 0.15) is 44.0 Å². The van der Waals surface area contributed by atoms with Crippen LogP contribution in [-0.4, -0.2) is 44.8 Å². The molecule has 0 spiro atoms. The van der Waals surface area contributed by atoms with E-state index in [0.717, 1.165) is 84.4 Å². The van der Waals surface area contributed by atoms with Crippen molar-refractivity contribution in [2.75, 3.05) is 18.4 Å². The van der Waals surface area contributed by atoms with Crippen LogP contribution < -0.4 is 10.1 Å². The zero-order valence-corrected chi connectivity index (χ0v) is 21.5. The van der Waals surface area contributed by atoms with Gasteiger partial charge in [0.1, 0.15) is 11.6 Å². The van der Waals surface area contributed by atoms with Crippen molar-refractivity contribution in [3.05, 3.63) is 78.1 Å². The molecule has 5 rings (SSSR count). The predicted octanol–water partition coefficient (Wildman–Crippen LogP) is 6.78. The third-order valence-corrected chi connectivity index (χ3v) is 6.92. The van der Waals surface area contributed by atoms with Gasteiger partial charge in [-0.15, -0.1) is 0 Å². The Morgan fingerprint density at radius 1 is 1.03 bits per heavy atom. The van der Waals surface area contributed by atoms with Gasteiger partial charge in [0.15, 0.2) is 0 Å². The molecule has 2 heterocycles. The number of para-hydroxylation sites is 1. The van der Waals surface area contributed by atoms with E-state index < -0.39 is 6.16 Å². The molecule has 0 atom stereocenters. The van der Waals surface area contributed by atoms with Crippen LogP contribution in [0.15, 0.2) is 66.7 Å². The number of aryl methyl sites for hydroxylation is 1. The number of hydrogen-bond donors (Lipinski definition) is 2. The number of fused-ring (bicyclic) bond motifs is 1. The van der Waals surface area contributed by atoms with E-state index in [1.54, 1.807) is 12.1 Å². The normalized spacial score (nSPS) is 13.1. The number of amides is 2. The SMILES string of the molecule is CCCCc1nc2ccc(NC(=O)N3CCCC3)cc2n1Cc1ccc(-c2ccccc2OC(=O)O)cc1. The summed E-state index contributed by atoms with van der Waals surface area (Å²) in [6.45, 7) is 4.41. The Bertz CT molecular complexity index is 1440. The summed E-state index contributed by atoms with van der Waals surface area (Å²) in [4.78, 5) is 30.5. The molecule has 2 N–H and O–H groups in total. The van der Waals surface area contributed by atoms with Crippen molar-refractivity contribution in [1.82, 2.24) is 14.5 Å².